The lowest BCUT2D eigenvalue weighted by Crippen LogP contribution is -2.43. The Bertz CT molecular complexity index is 770. The molecule has 0 aromatic heterocycles. The zero-order valence-corrected chi connectivity index (χ0v) is 14.2. The van der Waals surface area contributed by atoms with Crippen LogP contribution in [-0.4, -0.2) is 27.2 Å². The van der Waals surface area contributed by atoms with E-state index in [0.717, 1.165) is 33.7 Å². The minimum absolute atomic E-state index is 0.172. The summed E-state index contributed by atoms with van der Waals surface area (Å²) in [6.45, 7) is 3.26. The van der Waals surface area contributed by atoms with Gasteiger partial charge >= 0.3 is 0 Å². The topological polar surface area (TPSA) is 58.6 Å². The number of carbonyl (C=O) groups is 2. The van der Waals surface area contributed by atoms with Gasteiger partial charge in [-0.15, -0.1) is 0 Å². The zero-order chi connectivity index (χ0) is 16.6. The smallest absolute Gasteiger partial charge is 0.285 e. The molecular weight excluding hydrogens is 332 g/mol. The van der Waals surface area contributed by atoms with Gasteiger partial charge < -0.3 is 4.74 Å². The van der Waals surface area contributed by atoms with Crippen LogP contribution in [0, 0.1) is 0 Å². The summed E-state index contributed by atoms with van der Waals surface area (Å²) < 4.78 is 6.17. The molecule has 1 aromatic rings. The third-order valence-corrected chi connectivity index (χ3v) is 4.68. The first kappa shape index (κ1) is 15.8. The van der Waals surface area contributed by atoms with E-state index in [0.29, 0.717) is 9.23 Å². The molecule has 1 N–H and O–H groups in total. The Morgan fingerprint density at radius 2 is 2.17 bits per heavy atom. The summed E-state index contributed by atoms with van der Waals surface area (Å²) in [6, 6.07) is 7.72. The number of ether oxygens (including phenoxy) is 1. The van der Waals surface area contributed by atoms with Crippen molar-refractivity contribution in [2.45, 2.75) is 20.0 Å². The molecule has 118 valence electrons. The maximum Gasteiger partial charge on any atom is 0.285 e. The van der Waals surface area contributed by atoms with Crippen molar-refractivity contribution in [3.8, 4) is 5.75 Å². The number of hydrogen-bond donors (Lipinski definition) is 1. The molecule has 0 radical (unpaired) electrons. The monoisotopic (exact) mass is 346 g/mol. The van der Waals surface area contributed by atoms with Gasteiger partial charge in [0, 0.05) is 12.5 Å². The molecule has 1 saturated heterocycles. The normalized spacial score (nSPS) is 21.8. The number of para-hydroxylation sites is 1. The lowest BCUT2D eigenvalue weighted by molar-refractivity contribution is -0.132. The predicted octanol–water partition coefficient (Wildman–Crippen LogP) is 2.65. The predicted molar refractivity (Wildman–Crippen MR) is 93.4 cm³/mol. The van der Waals surface area contributed by atoms with Crippen LogP contribution in [0.15, 0.2) is 40.8 Å². The molecule has 3 rings (SSSR count). The van der Waals surface area contributed by atoms with Gasteiger partial charge in [-0.05, 0) is 42.9 Å². The Hall–Kier alpha value is -2.12. The van der Waals surface area contributed by atoms with Gasteiger partial charge in [0.25, 0.3) is 5.91 Å². The second-order valence-corrected chi connectivity index (χ2v) is 6.80. The van der Waals surface area contributed by atoms with Crippen LogP contribution in [-0.2, 0) is 9.59 Å². The Balaban J connectivity index is 1.90. The number of fused-ring (bicyclic) bond motifs is 1. The number of nitrogens with one attached hydrogen (secondary N) is 1. The van der Waals surface area contributed by atoms with Crippen LogP contribution in [0.4, 0.5) is 0 Å². The van der Waals surface area contributed by atoms with E-state index in [1.54, 1.807) is 6.08 Å². The van der Waals surface area contributed by atoms with Crippen LogP contribution in [0.1, 0.15) is 19.4 Å². The number of thioether (sulfide) groups is 1. The summed E-state index contributed by atoms with van der Waals surface area (Å²) in [7, 11) is 0. The van der Waals surface area contributed by atoms with E-state index in [-0.39, 0.29) is 17.9 Å². The van der Waals surface area contributed by atoms with Crippen molar-refractivity contribution in [1.29, 1.82) is 0 Å². The zero-order valence-electron chi connectivity index (χ0n) is 12.5. The molecule has 2 heterocycles. The number of hydrazine groups is 1. The third-order valence-electron chi connectivity index (χ3n) is 3.38. The summed E-state index contributed by atoms with van der Waals surface area (Å²) in [5.74, 6) is 0.148. The van der Waals surface area contributed by atoms with E-state index in [9.17, 15) is 9.59 Å². The molecule has 1 atom stereocenters. The molecule has 5 nitrogen and oxygen atoms in total. The van der Waals surface area contributed by atoms with Crippen LogP contribution >= 0.6 is 24.0 Å². The van der Waals surface area contributed by atoms with Crippen molar-refractivity contribution in [2.24, 2.45) is 0 Å². The number of nitrogens with zero attached hydrogens (tertiary/aromatic N) is 1. The quantitative estimate of drug-likeness (QED) is 0.659. The number of hydrogen-bond acceptors (Lipinski definition) is 5. The molecule has 0 aliphatic carbocycles. The minimum atomic E-state index is -0.343. The molecule has 7 heteroatoms. The number of carbonyl (C=O) groups excluding carboxylic acids is 2. The molecule has 2 aliphatic rings. The Morgan fingerprint density at radius 1 is 1.43 bits per heavy atom. The lowest BCUT2D eigenvalue weighted by Gasteiger charge is -2.23. The van der Waals surface area contributed by atoms with Crippen molar-refractivity contribution >= 4 is 46.2 Å². The Kier molecular flexibility index (Phi) is 4.23. The van der Waals surface area contributed by atoms with E-state index in [1.807, 2.05) is 37.3 Å². The van der Waals surface area contributed by atoms with Crippen molar-refractivity contribution < 1.29 is 14.3 Å². The highest BCUT2D eigenvalue weighted by atomic mass is 32.2. The van der Waals surface area contributed by atoms with Gasteiger partial charge in [-0.1, -0.05) is 30.0 Å². The van der Waals surface area contributed by atoms with E-state index in [1.165, 1.54) is 6.92 Å². The first-order chi connectivity index (χ1) is 11.0. The molecular formula is C16H14N2O3S2. The number of amides is 2. The average Bonchev–Trinajstić information content (AvgIpc) is 2.75. The van der Waals surface area contributed by atoms with Gasteiger partial charge in [0.1, 0.15) is 11.9 Å². The highest BCUT2D eigenvalue weighted by Gasteiger charge is 2.33. The molecule has 1 aromatic carbocycles. The van der Waals surface area contributed by atoms with E-state index in [2.05, 4.69) is 5.43 Å². The molecule has 1 fully saturated rings. The summed E-state index contributed by atoms with van der Waals surface area (Å²) in [4.78, 5) is 24.0. The molecule has 0 spiro atoms. The maximum absolute atomic E-state index is 12.3. The van der Waals surface area contributed by atoms with Crippen LogP contribution < -0.4 is 10.2 Å². The lowest BCUT2D eigenvalue weighted by atomic mass is 10.0. The molecule has 0 saturated carbocycles. The fourth-order valence-corrected chi connectivity index (χ4v) is 3.47. The number of rotatable bonds is 2. The average molecular weight is 346 g/mol. The Labute approximate surface area is 143 Å². The second kappa shape index (κ2) is 6.17. The SMILES string of the molecule is CC(=O)NN1C(=O)C(=CC2=Cc3ccccc3OC2C)SC1=S. The molecule has 23 heavy (non-hydrogen) atoms. The van der Waals surface area contributed by atoms with Gasteiger partial charge in [0.05, 0.1) is 4.91 Å². The summed E-state index contributed by atoms with van der Waals surface area (Å²) in [5, 5.41) is 1.09. The first-order valence-electron chi connectivity index (χ1n) is 6.98. The van der Waals surface area contributed by atoms with Crippen molar-refractivity contribution in [3.63, 3.8) is 0 Å². The van der Waals surface area contributed by atoms with Gasteiger partial charge in [-0.3, -0.25) is 15.0 Å². The second-order valence-electron chi connectivity index (χ2n) is 5.13. The molecule has 2 aliphatic heterocycles. The van der Waals surface area contributed by atoms with Crippen molar-refractivity contribution in [1.82, 2.24) is 10.4 Å². The first-order valence-corrected chi connectivity index (χ1v) is 8.20. The fraction of sp³-hybridized carbons (Fsp3) is 0.188. The molecule has 2 amide bonds. The van der Waals surface area contributed by atoms with Crippen molar-refractivity contribution in [2.75, 3.05) is 0 Å². The van der Waals surface area contributed by atoms with E-state index in [4.69, 9.17) is 17.0 Å². The largest absolute Gasteiger partial charge is 0.485 e. The van der Waals surface area contributed by atoms with Gasteiger partial charge in [-0.25, -0.2) is 0 Å². The van der Waals surface area contributed by atoms with Gasteiger partial charge in [-0.2, -0.15) is 5.01 Å². The Morgan fingerprint density at radius 3 is 2.91 bits per heavy atom. The number of benzene rings is 1. The molecule has 0 bridgehead atoms. The highest BCUT2D eigenvalue weighted by molar-refractivity contribution is 8.26. The van der Waals surface area contributed by atoms with E-state index < -0.39 is 0 Å². The summed E-state index contributed by atoms with van der Waals surface area (Å²) >= 11 is 6.29. The fourth-order valence-electron chi connectivity index (χ4n) is 2.29. The van der Waals surface area contributed by atoms with Crippen LogP contribution in [0.5, 0.6) is 5.75 Å². The standard InChI is InChI=1S/C16H14N2O3S2/c1-9-12(7-11-5-3-4-6-13(11)21-9)8-14-15(20)18(16(22)23-14)17-10(2)19/h3-9H,1-2H3,(H,17,19). The summed E-state index contributed by atoms with van der Waals surface area (Å²) in [5.41, 5.74) is 4.27. The maximum atomic E-state index is 12.3. The van der Waals surface area contributed by atoms with Crippen LogP contribution in [0.3, 0.4) is 0 Å². The molecule has 1 unspecified atom stereocenters. The summed E-state index contributed by atoms with van der Waals surface area (Å²) in [6.07, 6.45) is 3.59. The highest BCUT2D eigenvalue weighted by Crippen LogP contribution is 2.34. The minimum Gasteiger partial charge on any atom is -0.485 e. The van der Waals surface area contributed by atoms with Gasteiger partial charge in [0.2, 0.25) is 5.91 Å². The van der Waals surface area contributed by atoms with Crippen molar-refractivity contribution in [3.05, 3.63) is 46.4 Å². The van der Waals surface area contributed by atoms with Gasteiger partial charge in [0.15, 0.2) is 4.32 Å². The van der Waals surface area contributed by atoms with Crippen LogP contribution in [0.25, 0.3) is 6.08 Å². The van der Waals surface area contributed by atoms with E-state index >= 15 is 0 Å². The van der Waals surface area contributed by atoms with Crippen LogP contribution in [0.2, 0.25) is 0 Å². The third kappa shape index (κ3) is 3.16. The number of thiocarbonyl (C=S) groups is 1.